The Morgan fingerprint density at radius 1 is 1.67 bits per heavy atom. The Labute approximate surface area is 54.3 Å². The summed E-state index contributed by atoms with van der Waals surface area (Å²) in [5, 5.41) is 9.15. The second kappa shape index (κ2) is 3.83. The molecule has 3 nitrogen and oxygen atoms in total. The van der Waals surface area contributed by atoms with Crippen molar-refractivity contribution in [3.8, 4) is 0 Å². The highest BCUT2D eigenvalue weighted by molar-refractivity contribution is 6.11. The van der Waals surface area contributed by atoms with Gasteiger partial charge in [-0.2, -0.15) is 0 Å². The molecule has 0 heterocycles. The molecule has 0 aliphatic rings. The average molecular weight is 126 g/mol. The van der Waals surface area contributed by atoms with E-state index in [1.165, 1.54) is 7.05 Å². The zero-order chi connectivity index (χ0) is 7.28. The summed E-state index contributed by atoms with van der Waals surface area (Å²) in [6, 6.07) is 0. The molecule has 9 heavy (non-hydrogen) atoms. The Kier molecular flexibility index (Phi) is 3.35. The van der Waals surface area contributed by atoms with Crippen molar-refractivity contribution in [1.82, 2.24) is 5.32 Å². The summed E-state index contributed by atoms with van der Waals surface area (Å²) in [5.41, 5.74) is 0.387. The third-order valence-electron chi connectivity index (χ3n) is 0.956. The van der Waals surface area contributed by atoms with E-state index in [1.54, 1.807) is 13.0 Å². The predicted octanol–water partition coefficient (Wildman–Crippen LogP) is 0.328. The molecular weight excluding hydrogens is 116 g/mol. The van der Waals surface area contributed by atoms with Crippen LogP contribution in [-0.4, -0.2) is 19.2 Å². The molecule has 3 heteroatoms. The van der Waals surface area contributed by atoms with Crippen molar-refractivity contribution in [2.75, 3.05) is 7.05 Å². The Balaban J connectivity index is 4.14. The molecule has 0 aromatic carbocycles. The second-order valence-electron chi connectivity index (χ2n) is 1.47. The molecule has 0 aliphatic heterocycles. The normalized spacial score (nSPS) is 10.7. The molecule has 0 unspecified atom stereocenters. The van der Waals surface area contributed by atoms with E-state index in [1.807, 2.05) is 0 Å². The predicted molar refractivity (Wildman–Crippen MR) is 36.6 cm³/mol. The first-order valence-electron chi connectivity index (χ1n) is 2.65. The lowest BCUT2D eigenvalue weighted by atomic mass is 10.2. The van der Waals surface area contributed by atoms with Gasteiger partial charge >= 0.3 is 0 Å². The quantitative estimate of drug-likeness (QED) is 0.406. The van der Waals surface area contributed by atoms with Crippen molar-refractivity contribution in [3.63, 3.8) is 0 Å². The lowest BCUT2D eigenvalue weighted by Crippen LogP contribution is -2.20. The summed E-state index contributed by atoms with van der Waals surface area (Å²) in [6.45, 7) is 1.72. The SMILES string of the molecule is C/C=C(\C=N)C(=O)NC. The van der Waals surface area contributed by atoms with Crippen molar-refractivity contribution in [3.05, 3.63) is 11.6 Å². The molecule has 0 saturated heterocycles. The first kappa shape index (κ1) is 7.88. The van der Waals surface area contributed by atoms with Gasteiger partial charge in [-0.3, -0.25) is 4.79 Å². The van der Waals surface area contributed by atoms with Crippen LogP contribution in [0.25, 0.3) is 0 Å². The number of likely N-dealkylation sites (N-methyl/N-ethyl adjacent to an activating group) is 1. The number of hydrogen-bond donors (Lipinski definition) is 2. The lowest BCUT2D eigenvalue weighted by molar-refractivity contribution is -0.116. The van der Waals surface area contributed by atoms with Gasteiger partial charge in [-0.25, -0.2) is 0 Å². The topological polar surface area (TPSA) is 53.0 Å². The maximum Gasteiger partial charge on any atom is 0.252 e. The van der Waals surface area contributed by atoms with E-state index in [0.29, 0.717) is 5.57 Å². The second-order valence-corrected chi connectivity index (χ2v) is 1.47. The number of amides is 1. The van der Waals surface area contributed by atoms with Crippen molar-refractivity contribution in [1.29, 1.82) is 5.41 Å². The largest absolute Gasteiger partial charge is 0.355 e. The fourth-order valence-electron chi connectivity index (χ4n) is 0.424. The number of allylic oxidation sites excluding steroid dienone is 1. The number of hydrogen-bond acceptors (Lipinski definition) is 2. The molecule has 0 saturated carbocycles. The van der Waals surface area contributed by atoms with E-state index in [-0.39, 0.29) is 5.91 Å². The van der Waals surface area contributed by atoms with Gasteiger partial charge in [0.1, 0.15) is 0 Å². The van der Waals surface area contributed by atoms with Gasteiger partial charge in [0.2, 0.25) is 0 Å². The highest BCUT2D eigenvalue weighted by Gasteiger charge is 1.99. The number of nitrogens with one attached hydrogen (secondary N) is 2. The minimum absolute atomic E-state index is 0.215. The fraction of sp³-hybridized carbons (Fsp3) is 0.333. The van der Waals surface area contributed by atoms with Crippen LogP contribution >= 0.6 is 0 Å². The fourth-order valence-corrected chi connectivity index (χ4v) is 0.424. The summed E-state index contributed by atoms with van der Waals surface area (Å²) in [5.74, 6) is -0.215. The molecular formula is C6H10N2O. The molecule has 2 N–H and O–H groups in total. The third kappa shape index (κ3) is 2.08. The molecule has 0 aliphatic carbocycles. The maximum atomic E-state index is 10.6. The minimum Gasteiger partial charge on any atom is -0.355 e. The van der Waals surface area contributed by atoms with E-state index in [0.717, 1.165) is 6.21 Å². The van der Waals surface area contributed by atoms with Crippen LogP contribution in [0.3, 0.4) is 0 Å². The van der Waals surface area contributed by atoms with Gasteiger partial charge in [0.05, 0.1) is 5.57 Å². The van der Waals surface area contributed by atoms with Crippen LogP contribution < -0.4 is 5.32 Å². The van der Waals surface area contributed by atoms with Crippen molar-refractivity contribution in [2.24, 2.45) is 0 Å². The van der Waals surface area contributed by atoms with E-state index < -0.39 is 0 Å². The van der Waals surface area contributed by atoms with Crippen LogP contribution in [0.4, 0.5) is 0 Å². The van der Waals surface area contributed by atoms with Crippen LogP contribution in [-0.2, 0) is 4.79 Å². The molecule has 50 valence electrons. The van der Waals surface area contributed by atoms with Gasteiger partial charge in [0.15, 0.2) is 0 Å². The Hall–Kier alpha value is -1.12. The van der Waals surface area contributed by atoms with E-state index in [9.17, 15) is 4.79 Å². The third-order valence-corrected chi connectivity index (χ3v) is 0.956. The van der Waals surface area contributed by atoms with E-state index >= 15 is 0 Å². The summed E-state index contributed by atoms with van der Waals surface area (Å²) in [6.07, 6.45) is 2.62. The van der Waals surface area contributed by atoms with Gasteiger partial charge < -0.3 is 10.7 Å². The number of carbonyl (C=O) groups excluding carboxylic acids is 1. The van der Waals surface area contributed by atoms with E-state index in [2.05, 4.69) is 5.32 Å². The molecule has 0 aromatic rings. The molecule has 0 aromatic heterocycles. The zero-order valence-corrected chi connectivity index (χ0v) is 5.56. The van der Waals surface area contributed by atoms with E-state index in [4.69, 9.17) is 5.41 Å². The van der Waals surface area contributed by atoms with Crippen LogP contribution in [0.5, 0.6) is 0 Å². The molecule has 0 fully saturated rings. The van der Waals surface area contributed by atoms with Gasteiger partial charge in [-0.1, -0.05) is 6.08 Å². The molecule has 0 bridgehead atoms. The summed E-state index contributed by atoms with van der Waals surface area (Å²) in [4.78, 5) is 10.6. The minimum atomic E-state index is -0.215. The molecule has 0 atom stereocenters. The van der Waals surface area contributed by atoms with Gasteiger partial charge in [0.25, 0.3) is 5.91 Å². The van der Waals surface area contributed by atoms with Gasteiger partial charge in [0, 0.05) is 13.3 Å². The first-order chi connectivity index (χ1) is 4.26. The molecule has 0 spiro atoms. The Bertz CT molecular complexity index is 149. The zero-order valence-electron chi connectivity index (χ0n) is 5.56. The van der Waals surface area contributed by atoms with Gasteiger partial charge in [-0.15, -0.1) is 0 Å². The number of rotatable bonds is 2. The Morgan fingerprint density at radius 2 is 2.22 bits per heavy atom. The van der Waals surface area contributed by atoms with Crippen molar-refractivity contribution < 1.29 is 4.79 Å². The van der Waals surface area contributed by atoms with Gasteiger partial charge in [-0.05, 0) is 6.92 Å². The van der Waals surface area contributed by atoms with Crippen molar-refractivity contribution >= 4 is 12.1 Å². The van der Waals surface area contributed by atoms with Crippen LogP contribution in [0, 0.1) is 5.41 Å². The lowest BCUT2D eigenvalue weighted by Gasteiger charge is -1.94. The summed E-state index contributed by atoms with van der Waals surface area (Å²) in [7, 11) is 1.54. The smallest absolute Gasteiger partial charge is 0.252 e. The summed E-state index contributed by atoms with van der Waals surface area (Å²) < 4.78 is 0. The average Bonchev–Trinajstić information content (AvgIpc) is 1.90. The van der Waals surface area contributed by atoms with Crippen molar-refractivity contribution in [2.45, 2.75) is 6.92 Å². The summed E-state index contributed by atoms with van der Waals surface area (Å²) >= 11 is 0. The molecule has 0 rings (SSSR count). The maximum absolute atomic E-state index is 10.6. The molecule has 0 radical (unpaired) electrons. The standard InChI is InChI=1S/C6H10N2O/c1-3-5(4-7)6(9)8-2/h3-4,7H,1-2H3,(H,8,9)/b5-3+,7-4?. The highest BCUT2D eigenvalue weighted by Crippen LogP contribution is 1.86. The number of carbonyl (C=O) groups is 1. The van der Waals surface area contributed by atoms with Crippen LogP contribution in [0.15, 0.2) is 11.6 Å². The van der Waals surface area contributed by atoms with Crippen LogP contribution in [0.1, 0.15) is 6.92 Å². The monoisotopic (exact) mass is 126 g/mol. The molecule has 1 amide bonds. The Morgan fingerprint density at radius 3 is 2.33 bits per heavy atom. The van der Waals surface area contributed by atoms with Crippen LogP contribution in [0.2, 0.25) is 0 Å². The highest BCUT2D eigenvalue weighted by atomic mass is 16.1. The first-order valence-corrected chi connectivity index (χ1v) is 2.65.